The number of aliphatic hydroxyl groups is 1. The summed E-state index contributed by atoms with van der Waals surface area (Å²) in [5.74, 6) is 0. The maximum atomic E-state index is 9.38. The zero-order valence-corrected chi connectivity index (χ0v) is 10.6. The normalized spacial score (nSPS) is 13.1. The lowest BCUT2D eigenvalue weighted by molar-refractivity contribution is -0.00000522. The predicted molar refractivity (Wildman–Crippen MR) is 61.4 cm³/mol. The second kappa shape index (κ2) is 5.70. The van der Waals surface area contributed by atoms with E-state index in [1.807, 2.05) is 13.0 Å². The fourth-order valence-electron chi connectivity index (χ4n) is 1.60. The highest BCUT2D eigenvalue weighted by molar-refractivity contribution is 7.81. The minimum atomic E-state index is -1.10. The molecule has 80 valence electrons. The molecule has 0 aliphatic rings. The summed E-state index contributed by atoms with van der Waals surface area (Å²) >= 11 is 0. The Morgan fingerprint density at radius 1 is 1.21 bits per heavy atom. The monoisotopic (exact) mass is 232 g/mol. The van der Waals surface area contributed by atoms with Crippen molar-refractivity contribution in [2.45, 2.75) is 13.0 Å². The molecule has 0 saturated heterocycles. The third-order valence-electron chi connectivity index (χ3n) is 2.18. The first-order valence-electron chi connectivity index (χ1n) is 4.59. The van der Waals surface area contributed by atoms with Crippen molar-refractivity contribution in [1.82, 2.24) is 0 Å². The molecular weight excluding hydrogens is 215 g/mol. The number of hydrogen-bond acceptors (Lipinski definition) is 1. The van der Waals surface area contributed by atoms with Crippen molar-refractivity contribution in [3.05, 3.63) is 30.3 Å². The van der Waals surface area contributed by atoms with E-state index in [1.54, 1.807) is 0 Å². The Hall–Kier alpha value is -0.100. The quantitative estimate of drug-likeness (QED) is 0.662. The van der Waals surface area contributed by atoms with Crippen LogP contribution in [-0.4, -0.2) is 30.7 Å². The van der Waals surface area contributed by atoms with Gasteiger partial charge in [-0.2, -0.15) is 0 Å². The van der Waals surface area contributed by atoms with E-state index in [0.29, 0.717) is 0 Å². The molecule has 1 aromatic rings. The molecule has 14 heavy (non-hydrogen) atoms. The van der Waals surface area contributed by atoms with Crippen LogP contribution >= 0.6 is 7.26 Å². The van der Waals surface area contributed by atoms with Crippen molar-refractivity contribution >= 4 is 12.6 Å². The van der Waals surface area contributed by atoms with Gasteiger partial charge in [0.05, 0.1) is 30.9 Å². The third-order valence-corrected chi connectivity index (χ3v) is 5.31. The lowest BCUT2D eigenvalue weighted by atomic mass is 10.4. The molecule has 0 aliphatic carbocycles. The Morgan fingerprint density at radius 2 is 1.71 bits per heavy atom. The van der Waals surface area contributed by atoms with Gasteiger partial charge in [0.2, 0.25) is 0 Å². The van der Waals surface area contributed by atoms with E-state index < -0.39 is 7.26 Å². The lowest BCUT2D eigenvalue weighted by Gasteiger charge is -2.19. The second-order valence-corrected chi connectivity index (χ2v) is 8.30. The van der Waals surface area contributed by atoms with Crippen molar-refractivity contribution in [2.75, 3.05) is 19.5 Å². The molecule has 3 heteroatoms. The largest absolute Gasteiger partial charge is 1.00 e. The van der Waals surface area contributed by atoms with Crippen LogP contribution in [0.1, 0.15) is 6.92 Å². The van der Waals surface area contributed by atoms with E-state index in [0.717, 1.165) is 6.16 Å². The van der Waals surface area contributed by atoms with Gasteiger partial charge < -0.3 is 17.5 Å². The molecule has 0 aliphatic heterocycles. The van der Waals surface area contributed by atoms with Gasteiger partial charge >= 0.3 is 0 Å². The first-order chi connectivity index (χ1) is 6.02. The van der Waals surface area contributed by atoms with Gasteiger partial charge in [-0.25, -0.2) is 0 Å². The Morgan fingerprint density at radius 3 is 2.14 bits per heavy atom. The van der Waals surface area contributed by atoms with E-state index in [1.165, 1.54) is 5.30 Å². The van der Waals surface area contributed by atoms with Gasteiger partial charge in [-0.1, -0.05) is 18.2 Å². The van der Waals surface area contributed by atoms with Crippen LogP contribution in [0.5, 0.6) is 0 Å². The van der Waals surface area contributed by atoms with E-state index in [4.69, 9.17) is 0 Å². The summed E-state index contributed by atoms with van der Waals surface area (Å²) in [6, 6.07) is 10.5. The maximum absolute atomic E-state index is 9.38. The van der Waals surface area contributed by atoms with Crippen LogP contribution in [0.4, 0.5) is 0 Å². The van der Waals surface area contributed by atoms with Crippen molar-refractivity contribution in [2.24, 2.45) is 0 Å². The third kappa shape index (κ3) is 3.96. The fraction of sp³-hybridized carbons (Fsp3) is 0.455. The summed E-state index contributed by atoms with van der Waals surface area (Å²) in [5, 5.41) is 10.8. The van der Waals surface area contributed by atoms with Crippen LogP contribution in [-0.2, 0) is 0 Å². The molecule has 0 amide bonds. The van der Waals surface area contributed by atoms with Crippen molar-refractivity contribution in [3.8, 4) is 0 Å². The highest BCUT2D eigenvalue weighted by atomic mass is 35.5. The van der Waals surface area contributed by atoms with Crippen molar-refractivity contribution in [1.29, 1.82) is 0 Å². The fourth-order valence-corrected chi connectivity index (χ4v) is 4.11. The highest BCUT2D eigenvalue weighted by Gasteiger charge is 2.29. The van der Waals surface area contributed by atoms with E-state index in [2.05, 4.69) is 37.6 Å². The second-order valence-electron chi connectivity index (χ2n) is 4.05. The number of hydrogen-bond donors (Lipinski definition) is 1. The molecule has 0 heterocycles. The summed E-state index contributed by atoms with van der Waals surface area (Å²) in [6.07, 6.45) is 0.723. The van der Waals surface area contributed by atoms with Gasteiger partial charge in [0, 0.05) is 7.26 Å². The topological polar surface area (TPSA) is 20.2 Å². The Kier molecular flexibility index (Phi) is 5.66. The summed E-state index contributed by atoms with van der Waals surface area (Å²) in [6.45, 7) is 6.41. The molecule has 1 rings (SSSR count). The number of halogens is 1. The smallest absolute Gasteiger partial charge is 0.0934 e. The molecule has 0 aromatic heterocycles. The Balaban J connectivity index is 0.00000169. The van der Waals surface area contributed by atoms with E-state index in [-0.39, 0.29) is 18.5 Å². The summed E-state index contributed by atoms with van der Waals surface area (Å²) < 4.78 is 0. The molecule has 1 N–H and O–H groups in total. The average Bonchev–Trinajstić information content (AvgIpc) is 2.04. The highest BCUT2D eigenvalue weighted by Crippen LogP contribution is 2.49. The molecule has 1 unspecified atom stereocenters. The van der Waals surface area contributed by atoms with Crippen LogP contribution in [0, 0.1) is 0 Å². The summed E-state index contributed by atoms with van der Waals surface area (Å²) in [7, 11) is -1.10. The SMILES string of the molecule is CC(O)C[P+](C)(C)c1ccccc1.[Cl-]. The summed E-state index contributed by atoms with van der Waals surface area (Å²) in [4.78, 5) is 0. The standard InChI is InChI=1S/C11H18OP.ClH/c1-10(12)9-13(2,3)11-7-5-4-6-8-11;/h4-8,10,12H,9H2,1-3H3;1H/q+1;/p-1. The minimum absolute atomic E-state index is 0. The van der Waals surface area contributed by atoms with Crippen LogP contribution in [0.3, 0.4) is 0 Å². The van der Waals surface area contributed by atoms with Crippen molar-refractivity contribution in [3.63, 3.8) is 0 Å². The van der Waals surface area contributed by atoms with Gasteiger partial charge in [-0.3, -0.25) is 0 Å². The molecule has 1 aromatic carbocycles. The van der Waals surface area contributed by atoms with Gasteiger partial charge in [0.25, 0.3) is 0 Å². The molecule has 0 spiro atoms. The zero-order valence-electron chi connectivity index (χ0n) is 8.94. The maximum Gasteiger partial charge on any atom is 0.0934 e. The number of aliphatic hydroxyl groups excluding tert-OH is 1. The first kappa shape index (κ1) is 13.9. The van der Waals surface area contributed by atoms with E-state index in [9.17, 15) is 5.11 Å². The minimum Gasteiger partial charge on any atom is -1.00 e. The van der Waals surface area contributed by atoms with Gasteiger partial charge in [0.1, 0.15) is 0 Å². The first-order valence-corrected chi connectivity index (χ1v) is 7.46. The van der Waals surface area contributed by atoms with Crippen LogP contribution in [0.25, 0.3) is 0 Å². The zero-order chi connectivity index (χ0) is 9.90. The average molecular weight is 233 g/mol. The molecule has 1 nitrogen and oxygen atoms in total. The lowest BCUT2D eigenvalue weighted by Crippen LogP contribution is -3.00. The molecule has 0 bridgehead atoms. The number of benzene rings is 1. The molecule has 1 atom stereocenters. The molecule has 0 radical (unpaired) electrons. The predicted octanol–water partition coefficient (Wildman–Crippen LogP) is -1.03. The molecule has 0 saturated carbocycles. The molecule has 0 fully saturated rings. The number of rotatable bonds is 3. The van der Waals surface area contributed by atoms with Crippen LogP contribution in [0.2, 0.25) is 0 Å². The van der Waals surface area contributed by atoms with Crippen molar-refractivity contribution < 1.29 is 17.5 Å². The van der Waals surface area contributed by atoms with Gasteiger partial charge in [-0.15, -0.1) is 0 Å². The summed E-state index contributed by atoms with van der Waals surface area (Å²) in [5.41, 5.74) is 0. The Bertz CT molecular complexity index is 259. The van der Waals surface area contributed by atoms with Crippen LogP contribution < -0.4 is 17.7 Å². The van der Waals surface area contributed by atoms with Gasteiger partial charge in [-0.05, 0) is 19.1 Å². The van der Waals surface area contributed by atoms with E-state index >= 15 is 0 Å². The Labute approximate surface area is 93.3 Å². The van der Waals surface area contributed by atoms with Gasteiger partial charge in [0.15, 0.2) is 0 Å². The molecular formula is C11H18ClOP. The van der Waals surface area contributed by atoms with Crippen LogP contribution in [0.15, 0.2) is 30.3 Å².